The second-order valence-corrected chi connectivity index (χ2v) is 6.85. The van der Waals surface area contributed by atoms with Crippen LogP contribution >= 0.6 is 11.8 Å². The summed E-state index contributed by atoms with van der Waals surface area (Å²) in [6.45, 7) is 0.0428. The highest BCUT2D eigenvalue weighted by molar-refractivity contribution is 7.98. The third-order valence-corrected chi connectivity index (χ3v) is 4.94. The molecule has 8 heteroatoms. The van der Waals surface area contributed by atoms with Gasteiger partial charge in [-0.1, -0.05) is 24.3 Å². The highest BCUT2D eigenvalue weighted by Crippen LogP contribution is 2.17. The lowest BCUT2D eigenvalue weighted by atomic mass is 10.2. The summed E-state index contributed by atoms with van der Waals surface area (Å²) >= 11 is 1.41. The Hall–Kier alpha value is -2.87. The molecule has 0 aliphatic heterocycles. The first-order chi connectivity index (χ1) is 13.5. The Bertz CT molecular complexity index is 763. The predicted molar refractivity (Wildman–Crippen MR) is 107 cm³/mol. The van der Waals surface area contributed by atoms with E-state index in [2.05, 4.69) is 5.32 Å². The van der Waals surface area contributed by atoms with Crippen LogP contribution < -0.4 is 14.8 Å². The molecule has 2 aromatic rings. The summed E-state index contributed by atoms with van der Waals surface area (Å²) in [6.07, 6.45) is -0.770. The molecule has 2 N–H and O–H groups in total. The number of nitrogens with one attached hydrogen (secondary N) is 1. The minimum absolute atomic E-state index is 0.0428. The monoisotopic (exact) mass is 405 g/mol. The Labute approximate surface area is 168 Å². The molecule has 0 saturated carbocycles. The Kier molecular flexibility index (Phi) is 8.48. The molecule has 0 aliphatic carbocycles. The Morgan fingerprint density at radius 1 is 0.964 bits per heavy atom. The summed E-state index contributed by atoms with van der Waals surface area (Å²) < 4.78 is 15.3. The number of carbonyl (C=O) groups excluding carboxylic acids is 1. The molecule has 0 saturated heterocycles. The molecule has 1 amide bonds. The number of amides is 1. The van der Waals surface area contributed by atoms with Crippen LogP contribution in [0.2, 0.25) is 0 Å². The normalized spacial score (nSPS) is 11.4. The molecule has 0 unspecified atom stereocenters. The molecule has 2 rings (SSSR count). The van der Waals surface area contributed by atoms with Gasteiger partial charge in [0.1, 0.15) is 24.1 Å². The third-order valence-electron chi connectivity index (χ3n) is 3.83. The number of rotatable bonds is 10. The van der Waals surface area contributed by atoms with Gasteiger partial charge in [0.15, 0.2) is 0 Å². The quantitative estimate of drug-likeness (QED) is 0.626. The van der Waals surface area contributed by atoms with Crippen molar-refractivity contribution >= 4 is 23.8 Å². The van der Waals surface area contributed by atoms with Crippen molar-refractivity contribution in [1.29, 1.82) is 0 Å². The number of alkyl carbamates (subject to hydrolysis) is 1. The van der Waals surface area contributed by atoms with Crippen molar-refractivity contribution in [1.82, 2.24) is 5.32 Å². The molecule has 28 heavy (non-hydrogen) atoms. The summed E-state index contributed by atoms with van der Waals surface area (Å²) in [5.74, 6) is 1.20. The van der Waals surface area contributed by atoms with Gasteiger partial charge in [0.2, 0.25) is 0 Å². The first-order valence-electron chi connectivity index (χ1n) is 8.51. The van der Waals surface area contributed by atoms with Crippen molar-refractivity contribution in [2.45, 2.75) is 18.4 Å². The van der Waals surface area contributed by atoms with Crippen LogP contribution in [0.15, 0.2) is 48.5 Å². The van der Waals surface area contributed by atoms with E-state index in [0.717, 1.165) is 16.9 Å². The molecule has 7 nitrogen and oxygen atoms in total. The van der Waals surface area contributed by atoms with Gasteiger partial charge in [0.05, 0.1) is 14.2 Å². The zero-order valence-corrected chi connectivity index (χ0v) is 16.5. The summed E-state index contributed by atoms with van der Waals surface area (Å²) in [5, 5.41) is 11.7. The number of thioether (sulfide) groups is 1. The number of hydrogen-bond donors (Lipinski definition) is 2. The molecule has 150 valence electrons. The van der Waals surface area contributed by atoms with Gasteiger partial charge < -0.3 is 24.6 Å². The average molecular weight is 405 g/mol. The average Bonchev–Trinajstić information content (AvgIpc) is 2.72. The van der Waals surface area contributed by atoms with E-state index in [9.17, 15) is 14.7 Å². The number of carbonyl (C=O) groups is 2. The zero-order valence-electron chi connectivity index (χ0n) is 15.7. The van der Waals surface area contributed by atoms with Crippen molar-refractivity contribution in [3.63, 3.8) is 0 Å². The van der Waals surface area contributed by atoms with Crippen LogP contribution in [-0.2, 0) is 21.9 Å². The minimum Gasteiger partial charge on any atom is -0.497 e. The molecule has 0 aliphatic rings. The van der Waals surface area contributed by atoms with Gasteiger partial charge in [-0.25, -0.2) is 9.59 Å². The van der Waals surface area contributed by atoms with Crippen LogP contribution in [-0.4, -0.2) is 43.2 Å². The van der Waals surface area contributed by atoms with E-state index in [0.29, 0.717) is 11.5 Å². The smallest absolute Gasteiger partial charge is 0.408 e. The fourth-order valence-electron chi connectivity index (χ4n) is 2.25. The van der Waals surface area contributed by atoms with E-state index >= 15 is 0 Å². The van der Waals surface area contributed by atoms with Crippen LogP contribution in [0.3, 0.4) is 0 Å². The molecular formula is C20H23NO6S. The maximum absolute atomic E-state index is 11.9. The number of benzene rings is 2. The van der Waals surface area contributed by atoms with E-state index in [1.54, 1.807) is 38.5 Å². The molecule has 0 radical (unpaired) electrons. The minimum atomic E-state index is -1.11. The second-order valence-electron chi connectivity index (χ2n) is 5.82. The summed E-state index contributed by atoms with van der Waals surface area (Å²) in [7, 11) is 3.16. The van der Waals surface area contributed by atoms with E-state index in [-0.39, 0.29) is 12.4 Å². The first kappa shape index (κ1) is 21.4. The summed E-state index contributed by atoms with van der Waals surface area (Å²) in [4.78, 5) is 23.3. The van der Waals surface area contributed by atoms with Crippen molar-refractivity contribution in [2.24, 2.45) is 0 Å². The summed E-state index contributed by atoms with van der Waals surface area (Å²) in [6, 6.07) is 13.5. The zero-order chi connectivity index (χ0) is 20.4. The van der Waals surface area contributed by atoms with Gasteiger partial charge in [0, 0.05) is 11.5 Å². The number of aliphatic carboxylic acids is 1. The van der Waals surface area contributed by atoms with Crippen molar-refractivity contribution < 1.29 is 28.9 Å². The molecule has 0 bridgehead atoms. The fourth-order valence-corrected chi connectivity index (χ4v) is 3.25. The van der Waals surface area contributed by atoms with Crippen LogP contribution in [0.4, 0.5) is 4.79 Å². The molecule has 1 atom stereocenters. The number of carboxylic acids is 1. The molecule has 2 aromatic carbocycles. The van der Waals surface area contributed by atoms with Gasteiger partial charge >= 0.3 is 12.1 Å². The Morgan fingerprint density at radius 3 is 2.00 bits per heavy atom. The van der Waals surface area contributed by atoms with Gasteiger partial charge in [0.25, 0.3) is 0 Å². The lowest BCUT2D eigenvalue weighted by Crippen LogP contribution is -2.42. The van der Waals surface area contributed by atoms with E-state index in [1.165, 1.54) is 11.8 Å². The third kappa shape index (κ3) is 7.03. The van der Waals surface area contributed by atoms with Gasteiger partial charge in [-0.3, -0.25) is 0 Å². The van der Waals surface area contributed by atoms with Crippen LogP contribution in [0.1, 0.15) is 11.1 Å². The topological polar surface area (TPSA) is 94.1 Å². The largest absolute Gasteiger partial charge is 0.497 e. The number of methoxy groups -OCH3 is 2. The molecule has 0 heterocycles. The standard InChI is InChI=1S/C20H23NO6S/c1-25-16-7-3-14(4-8-16)11-27-20(24)21-18(19(22)23)13-28-12-15-5-9-17(26-2)10-6-15/h3-10,18H,11-13H2,1-2H3,(H,21,24)(H,22,23)/t18-/m0/s1. The van der Waals surface area contributed by atoms with Gasteiger partial charge in [-0.15, -0.1) is 0 Å². The molecule has 0 aromatic heterocycles. The van der Waals surface area contributed by atoms with Gasteiger partial charge in [-0.2, -0.15) is 11.8 Å². The van der Waals surface area contributed by atoms with Crippen molar-refractivity contribution in [3.8, 4) is 11.5 Å². The summed E-state index contributed by atoms with van der Waals surface area (Å²) in [5.41, 5.74) is 1.81. The van der Waals surface area contributed by atoms with Crippen molar-refractivity contribution in [3.05, 3.63) is 59.7 Å². The highest BCUT2D eigenvalue weighted by atomic mass is 32.2. The first-order valence-corrected chi connectivity index (χ1v) is 9.67. The van der Waals surface area contributed by atoms with Crippen LogP contribution in [0.25, 0.3) is 0 Å². The van der Waals surface area contributed by atoms with Crippen LogP contribution in [0, 0.1) is 0 Å². The van der Waals surface area contributed by atoms with E-state index < -0.39 is 18.1 Å². The van der Waals surface area contributed by atoms with Crippen molar-refractivity contribution in [2.75, 3.05) is 20.0 Å². The molecule has 0 spiro atoms. The number of carboxylic acid groups (broad SMARTS) is 1. The maximum Gasteiger partial charge on any atom is 0.408 e. The SMILES string of the molecule is COc1ccc(COC(=O)N[C@@H](CSCc2ccc(OC)cc2)C(=O)O)cc1. The Balaban J connectivity index is 1.77. The van der Waals surface area contributed by atoms with Gasteiger partial charge in [-0.05, 0) is 35.4 Å². The number of ether oxygens (including phenoxy) is 3. The lowest BCUT2D eigenvalue weighted by molar-refractivity contribution is -0.138. The van der Waals surface area contributed by atoms with E-state index in [4.69, 9.17) is 14.2 Å². The fraction of sp³-hybridized carbons (Fsp3) is 0.300. The number of hydrogen-bond acceptors (Lipinski definition) is 6. The lowest BCUT2D eigenvalue weighted by Gasteiger charge is -2.14. The predicted octanol–water partition coefficient (Wildman–Crippen LogP) is 3.32. The second kappa shape index (κ2) is 11.1. The highest BCUT2D eigenvalue weighted by Gasteiger charge is 2.20. The maximum atomic E-state index is 11.9. The van der Waals surface area contributed by atoms with E-state index in [1.807, 2.05) is 24.3 Å². The molecular weight excluding hydrogens is 382 g/mol. The Morgan fingerprint density at radius 2 is 1.50 bits per heavy atom. The van der Waals surface area contributed by atoms with Crippen LogP contribution in [0.5, 0.6) is 11.5 Å². The molecule has 0 fully saturated rings.